The summed E-state index contributed by atoms with van der Waals surface area (Å²) in [5, 5.41) is 20.4. The number of aromatic nitrogens is 5. The van der Waals surface area contributed by atoms with Crippen LogP contribution in [0, 0.1) is 5.82 Å². The van der Waals surface area contributed by atoms with Gasteiger partial charge in [0, 0.05) is 16.8 Å². The Morgan fingerprint density at radius 2 is 1.74 bits per heavy atom. The molecule has 1 fully saturated rings. The highest BCUT2D eigenvalue weighted by molar-refractivity contribution is 6.35. The van der Waals surface area contributed by atoms with E-state index >= 15 is 0 Å². The largest absolute Gasteiger partial charge is 0.373 e. The van der Waals surface area contributed by atoms with Crippen molar-refractivity contribution in [2.24, 2.45) is 0 Å². The maximum Gasteiger partial charge on any atom is 0.141 e. The first-order valence-corrected chi connectivity index (χ1v) is 13.4. The number of nitrogens with zero attached hydrogens (tertiary/aromatic N) is 5. The molecule has 0 radical (unpaired) electrons. The van der Waals surface area contributed by atoms with E-state index in [2.05, 4.69) is 48.4 Å². The van der Waals surface area contributed by atoms with Crippen molar-refractivity contribution in [3.05, 3.63) is 100 Å². The predicted octanol–water partition coefficient (Wildman–Crippen LogP) is 6.54. The van der Waals surface area contributed by atoms with Gasteiger partial charge in [0.05, 0.1) is 33.8 Å². The molecule has 2 aromatic heterocycles. The molecule has 0 unspecified atom stereocenters. The molecule has 1 atom stereocenters. The Balaban J connectivity index is 1.36. The number of hydrogen-bond acceptors (Lipinski definition) is 7. The molecule has 0 spiro atoms. The van der Waals surface area contributed by atoms with Crippen LogP contribution in [0.5, 0.6) is 0 Å². The maximum atomic E-state index is 13.7. The van der Waals surface area contributed by atoms with Crippen molar-refractivity contribution < 1.29 is 4.39 Å². The zero-order chi connectivity index (χ0) is 26.8. The third kappa shape index (κ3) is 5.52. The number of hydrogen-bond donors (Lipinski definition) is 3. The fraction of sp³-hybridized carbons (Fsp3) is 0.214. The van der Waals surface area contributed by atoms with Crippen molar-refractivity contribution in [1.82, 2.24) is 30.3 Å². The third-order valence-corrected chi connectivity index (χ3v) is 7.40. The summed E-state index contributed by atoms with van der Waals surface area (Å²) >= 11 is 12.7. The van der Waals surface area contributed by atoms with E-state index < -0.39 is 5.82 Å². The van der Waals surface area contributed by atoms with Gasteiger partial charge in [-0.1, -0.05) is 58.7 Å². The van der Waals surface area contributed by atoms with Gasteiger partial charge in [0.25, 0.3) is 0 Å². The van der Waals surface area contributed by atoms with Gasteiger partial charge in [-0.05, 0) is 61.8 Å². The lowest BCUT2D eigenvalue weighted by molar-refractivity contribution is 0.337. The van der Waals surface area contributed by atoms with E-state index in [0.717, 1.165) is 42.9 Å². The summed E-state index contributed by atoms with van der Waals surface area (Å²) in [5.41, 5.74) is 3.77. The van der Waals surface area contributed by atoms with Gasteiger partial charge >= 0.3 is 0 Å². The summed E-state index contributed by atoms with van der Waals surface area (Å²) in [6, 6.07) is 18.3. The lowest BCUT2D eigenvalue weighted by Gasteiger charge is -2.22. The topological polar surface area (TPSA) is 92.6 Å². The number of halogens is 3. The molecule has 1 saturated heterocycles. The van der Waals surface area contributed by atoms with E-state index in [9.17, 15) is 4.39 Å². The molecule has 39 heavy (non-hydrogen) atoms. The minimum atomic E-state index is -0.492. The van der Waals surface area contributed by atoms with Crippen LogP contribution < -0.4 is 16.0 Å². The van der Waals surface area contributed by atoms with E-state index in [4.69, 9.17) is 23.2 Å². The molecule has 3 aromatic carbocycles. The first kappa shape index (κ1) is 25.5. The van der Waals surface area contributed by atoms with Crippen molar-refractivity contribution in [3.63, 3.8) is 0 Å². The number of fused-ring (bicyclic) bond motifs is 1. The molecule has 198 valence electrons. The average Bonchev–Trinajstić information content (AvgIpc) is 3.45. The molecule has 1 aliphatic rings. The Labute approximate surface area is 234 Å². The highest BCUT2D eigenvalue weighted by Crippen LogP contribution is 2.34. The van der Waals surface area contributed by atoms with E-state index in [0.29, 0.717) is 33.5 Å². The molecule has 11 heteroatoms. The fourth-order valence-electron chi connectivity index (χ4n) is 4.83. The highest BCUT2D eigenvalue weighted by atomic mass is 35.5. The second-order valence-corrected chi connectivity index (χ2v) is 10.2. The summed E-state index contributed by atoms with van der Waals surface area (Å²) in [7, 11) is 0. The number of piperidine rings is 1. The number of benzene rings is 3. The second-order valence-electron chi connectivity index (χ2n) is 9.42. The Kier molecular flexibility index (Phi) is 7.28. The first-order chi connectivity index (χ1) is 19.0. The van der Waals surface area contributed by atoms with Gasteiger partial charge in [0.2, 0.25) is 0 Å². The van der Waals surface area contributed by atoms with Crippen molar-refractivity contribution in [1.29, 1.82) is 0 Å². The lowest BCUT2D eigenvalue weighted by atomic mass is 10.0. The van der Waals surface area contributed by atoms with Crippen molar-refractivity contribution >= 4 is 51.3 Å². The average molecular weight is 563 g/mol. The molecule has 0 aliphatic carbocycles. The lowest BCUT2D eigenvalue weighted by Crippen LogP contribution is -2.29. The zero-order valence-corrected chi connectivity index (χ0v) is 22.3. The standard InChI is InChI=1S/C28H25Cl2FN8/c29-22-13-18(6-7-24(22)31)36-28-21-12-19(14-23(30)27(21)33-16-34-28)35-26(17-4-2-1-3-5-17)25-15-39(38-37-25)20-8-10-32-11-9-20/h1-7,12-16,20,26,32,35H,8-11H2,(H,33,34,36)/t26-/m0/s1. The van der Waals surface area contributed by atoms with Crippen molar-refractivity contribution in [2.45, 2.75) is 24.9 Å². The number of nitrogens with one attached hydrogen (secondary N) is 3. The van der Waals surface area contributed by atoms with Crippen LogP contribution in [0.4, 0.5) is 21.6 Å². The van der Waals surface area contributed by atoms with E-state index in [1.54, 1.807) is 6.07 Å². The summed E-state index contributed by atoms with van der Waals surface area (Å²) in [4.78, 5) is 8.79. The molecule has 0 bridgehead atoms. The van der Waals surface area contributed by atoms with E-state index in [1.165, 1.54) is 18.5 Å². The Hall–Kier alpha value is -3.79. The van der Waals surface area contributed by atoms with Crippen LogP contribution in [0.25, 0.3) is 10.9 Å². The van der Waals surface area contributed by atoms with Gasteiger partial charge in [0.1, 0.15) is 23.7 Å². The second kappa shape index (κ2) is 11.1. The molecular formula is C28H25Cl2FN8. The molecular weight excluding hydrogens is 538 g/mol. The summed E-state index contributed by atoms with van der Waals surface area (Å²) in [6.45, 7) is 1.94. The molecule has 0 saturated carbocycles. The number of rotatable bonds is 7. The van der Waals surface area contributed by atoms with Crippen LogP contribution >= 0.6 is 23.2 Å². The Morgan fingerprint density at radius 1 is 0.949 bits per heavy atom. The zero-order valence-electron chi connectivity index (χ0n) is 20.8. The Morgan fingerprint density at radius 3 is 2.54 bits per heavy atom. The highest BCUT2D eigenvalue weighted by Gasteiger charge is 2.22. The van der Waals surface area contributed by atoms with Gasteiger partial charge in [-0.25, -0.2) is 19.0 Å². The third-order valence-electron chi connectivity index (χ3n) is 6.83. The van der Waals surface area contributed by atoms with Crippen LogP contribution in [-0.2, 0) is 0 Å². The molecule has 5 aromatic rings. The summed E-state index contributed by atoms with van der Waals surface area (Å²) in [6.07, 6.45) is 5.49. The van der Waals surface area contributed by atoms with Gasteiger partial charge in [0.15, 0.2) is 0 Å². The summed E-state index contributed by atoms with van der Waals surface area (Å²) in [5.74, 6) is 0.0228. The maximum absolute atomic E-state index is 13.7. The van der Waals surface area contributed by atoms with E-state index in [1.807, 2.05) is 41.2 Å². The van der Waals surface area contributed by atoms with Crippen molar-refractivity contribution in [2.75, 3.05) is 23.7 Å². The van der Waals surface area contributed by atoms with Gasteiger partial charge < -0.3 is 16.0 Å². The smallest absolute Gasteiger partial charge is 0.141 e. The summed E-state index contributed by atoms with van der Waals surface area (Å²) < 4.78 is 15.7. The molecule has 3 N–H and O–H groups in total. The molecule has 8 nitrogen and oxygen atoms in total. The normalized spacial score (nSPS) is 14.8. The van der Waals surface area contributed by atoms with Crippen molar-refractivity contribution in [3.8, 4) is 0 Å². The Bertz CT molecular complexity index is 1600. The molecule has 3 heterocycles. The molecule has 0 amide bonds. The molecule has 6 rings (SSSR count). The fourth-order valence-corrected chi connectivity index (χ4v) is 5.28. The van der Waals surface area contributed by atoms with Crippen LogP contribution in [0.15, 0.2) is 73.2 Å². The minimum absolute atomic E-state index is 0.0157. The number of anilines is 3. The van der Waals surface area contributed by atoms with Crippen LogP contribution in [-0.4, -0.2) is 38.1 Å². The van der Waals surface area contributed by atoms with Gasteiger partial charge in [-0.15, -0.1) is 5.10 Å². The van der Waals surface area contributed by atoms with Crippen LogP contribution in [0.1, 0.15) is 36.2 Å². The van der Waals surface area contributed by atoms with Crippen LogP contribution in [0.3, 0.4) is 0 Å². The minimum Gasteiger partial charge on any atom is -0.373 e. The predicted molar refractivity (Wildman–Crippen MR) is 152 cm³/mol. The van der Waals surface area contributed by atoms with Gasteiger partial charge in [-0.3, -0.25) is 0 Å². The van der Waals surface area contributed by atoms with Crippen LogP contribution in [0.2, 0.25) is 10.0 Å². The molecule has 1 aliphatic heterocycles. The SMILES string of the molecule is Fc1ccc(Nc2ncnc3c(Cl)cc(N[C@@H](c4ccccc4)c4cn(C5CCNCC5)nn4)cc23)cc1Cl. The quantitative estimate of drug-likeness (QED) is 0.207. The van der Waals surface area contributed by atoms with Gasteiger partial charge in [-0.2, -0.15) is 0 Å². The van der Waals surface area contributed by atoms with E-state index in [-0.39, 0.29) is 11.1 Å². The monoisotopic (exact) mass is 562 g/mol. The first-order valence-electron chi connectivity index (χ1n) is 12.7.